The van der Waals surface area contributed by atoms with Crippen LogP contribution in [0, 0.1) is 11.8 Å². The number of ether oxygens (including phenoxy) is 1. The van der Waals surface area contributed by atoms with E-state index in [1.165, 1.54) is 0 Å². The van der Waals surface area contributed by atoms with E-state index in [-0.39, 0.29) is 6.08 Å². The molecule has 3 atom stereocenters. The van der Waals surface area contributed by atoms with Crippen LogP contribution >= 0.6 is 0 Å². The molecule has 1 aliphatic carbocycles. The van der Waals surface area contributed by atoms with Gasteiger partial charge in [0.05, 0.1) is 0 Å². The van der Waals surface area contributed by atoms with Gasteiger partial charge in [-0.15, -0.1) is 0 Å². The first-order valence-electron chi connectivity index (χ1n) is 8.10. The van der Waals surface area contributed by atoms with Crippen LogP contribution in [-0.4, -0.2) is 58.2 Å². The highest BCUT2D eigenvalue weighted by molar-refractivity contribution is 5.81. The molecule has 16 heteroatoms. The molecule has 0 heterocycles. The fourth-order valence-electron chi connectivity index (χ4n) is 3.50. The molecule has 0 radical (unpaired) electrons. The summed E-state index contributed by atoms with van der Waals surface area (Å²) in [6.07, 6.45) is -33.8. The summed E-state index contributed by atoms with van der Waals surface area (Å²) >= 11 is 0. The van der Waals surface area contributed by atoms with E-state index in [2.05, 4.69) is 11.3 Å². The molecule has 2 N–H and O–H groups in total. The minimum Gasteiger partial charge on any atom is -0.459 e. The normalized spacial score (nSPS) is 24.6. The third kappa shape index (κ3) is 4.59. The third-order valence-electron chi connectivity index (χ3n) is 5.08. The molecule has 1 fully saturated rings. The molecular weight excluding hydrogens is 472 g/mol. The molecule has 0 aliphatic heterocycles. The lowest BCUT2D eigenvalue weighted by atomic mass is 9.65. The molecule has 1 aliphatic rings. The predicted molar refractivity (Wildman–Crippen MR) is 75.0 cm³/mol. The van der Waals surface area contributed by atoms with E-state index >= 15 is 0 Å². The van der Waals surface area contributed by atoms with Crippen molar-refractivity contribution in [3.05, 3.63) is 12.7 Å². The Morgan fingerprint density at radius 3 is 1.48 bits per heavy atom. The van der Waals surface area contributed by atoms with Gasteiger partial charge in [0, 0.05) is 17.9 Å². The molecule has 0 spiro atoms. The zero-order valence-electron chi connectivity index (χ0n) is 14.9. The lowest BCUT2D eigenvalue weighted by molar-refractivity contribution is -0.408. The second-order valence-corrected chi connectivity index (χ2v) is 6.82. The zero-order valence-corrected chi connectivity index (χ0v) is 14.9. The van der Waals surface area contributed by atoms with Crippen molar-refractivity contribution in [1.29, 1.82) is 0 Å². The van der Waals surface area contributed by atoms with Gasteiger partial charge in [0.15, 0.2) is 0 Å². The average Bonchev–Trinajstić information content (AvgIpc) is 2.56. The summed E-state index contributed by atoms with van der Waals surface area (Å²) in [4.78, 5) is 11.3. The van der Waals surface area contributed by atoms with Gasteiger partial charge in [-0.2, -0.15) is 52.7 Å². The van der Waals surface area contributed by atoms with Crippen LogP contribution in [0.1, 0.15) is 19.3 Å². The number of esters is 1. The van der Waals surface area contributed by atoms with E-state index in [1.54, 1.807) is 0 Å². The zero-order chi connectivity index (χ0) is 24.8. The van der Waals surface area contributed by atoms with Crippen LogP contribution in [0.25, 0.3) is 0 Å². The molecule has 4 nitrogen and oxygen atoms in total. The second kappa shape index (κ2) is 8.01. The Kier molecular flexibility index (Phi) is 7.06. The van der Waals surface area contributed by atoms with Crippen molar-refractivity contribution in [2.75, 3.05) is 0 Å². The summed E-state index contributed by atoms with van der Waals surface area (Å²) in [5.74, 6) is -8.49. The molecule has 182 valence electrons. The van der Waals surface area contributed by atoms with E-state index in [9.17, 15) is 67.7 Å². The number of carbonyl (C=O) groups excluding carboxylic acids is 1. The largest absolute Gasteiger partial charge is 0.459 e. The molecular formula is C15H14F12O4. The molecule has 3 unspecified atom stereocenters. The number of aliphatic hydroxyl groups is 2. The first-order valence-corrected chi connectivity index (χ1v) is 8.10. The fraction of sp³-hybridized carbons (Fsp3) is 0.800. The van der Waals surface area contributed by atoms with Crippen LogP contribution in [-0.2, 0) is 9.53 Å². The first kappa shape index (κ1) is 27.3. The van der Waals surface area contributed by atoms with Gasteiger partial charge in [-0.1, -0.05) is 6.58 Å². The molecule has 0 saturated heterocycles. The van der Waals surface area contributed by atoms with Gasteiger partial charge in [0.25, 0.3) is 11.2 Å². The van der Waals surface area contributed by atoms with Gasteiger partial charge in [0.1, 0.15) is 6.10 Å². The van der Waals surface area contributed by atoms with Gasteiger partial charge >= 0.3 is 30.7 Å². The Hall–Kier alpha value is -1.71. The highest BCUT2D eigenvalue weighted by Crippen LogP contribution is 2.58. The van der Waals surface area contributed by atoms with Crippen molar-refractivity contribution >= 4 is 5.97 Å². The highest BCUT2D eigenvalue weighted by Gasteiger charge is 2.79. The summed E-state index contributed by atoms with van der Waals surface area (Å²) in [5, 5.41) is 18.9. The van der Waals surface area contributed by atoms with E-state index in [0.717, 1.165) is 0 Å². The number of rotatable bonds is 4. The van der Waals surface area contributed by atoms with Crippen molar-refractivity contribution < 1.29 is 72.4 Å². The molecule has 0 aromatic rings. The summed E-state index contributed by atoms with van der Waals surface area (Å²) in [6, 6.07) is 0. The number of hydrogen-bond donors (Lipinski definition) is 2. The van der Waals surface area contributed by atoms with E-state index in [1.807, 2.05) is 0 Å². The van der Waals surface area contributed by atoms with Gasteiger partial charge < -0.3 is 14.9 Å². The maximum atomic E-state index is 13.2. The SMILES string of the molecule is C=CC(=O)OC1CCC(C(O)(C(F)(F)F)C(F)(F)F)CC1C(O)(C(F)(F)F)C(F)(F)F. The summed E-state index contributed by atoms with van der Waals surface area (Å²) < 4.78 is 162. The number of hydrogen-bond acceptors (Lipinski definition) is 4. The molecule has 1 rings (SSSR count). The topological polar surface area (TPSA) is 66.8 Å². The smallest absolute Gasteiger partial charge is 0.426 e. The maximum Gasteiger partial charge on any atom is 0.426 e. The van der Waals surface area contributed by atoms with Gasteiger partial charge in [0.2, 0.25) is 0 Å². The summed E-state index contributed by atoms with van der Waals surface area (Å²) in [6.45, 7) is 2.81. The van der Waals surface area contributed by atoms with E-state index in [4.69, 9.17) is 0 Å². The van der Waals surface area contributed by atoms with Crippen molar-refractivity contribution in [3.63, 3.8) is 0 Å². The highest BCUT2D eigenvalue weighted by atomic mass is 19.4. The van der Waals surface area contributed by atoms with Crippen molar-refractivity contribution in [2.24, 2.45) is 11.8 Å². The van der Waals surface area contributed by atoms with E-state index < -0.39 is 79.1 Å². The van der Waals surface area contributed by atoms with Crippen LogP contribution in [0.3, 0.4) is 0 Å². The van der Waals surface area contributed by atoms with Crippen LogP contribution in [0.4, 0.5) is 52.7 Å². The lowest BCUT2D eigenvalue weighted by Gasteiger charge is -2.49. The standard InChI is InChI=1S/C15H14F12O4/c1-2-9(28)31-8-4-3-6(10(29,12(16,17)18)13(19,20)21)5-7(8)11(30,14(22,23)24)15(25,26)27/h2,6-8,29-30H,1,3-5H2. The van der Waals surface area contributed by atoms with E-state index in [0.29, 0.717) is 0 Å². The van der Waals surface area contributed by atoms with Gasteiger partial charge in [-0.25, -0.2) is 4.79 Å². The van der Waals surface area contributed by atoms with Crippen molar-refractivity contribution in [2.45, 2.75) is 61.3 Å². The number of halogens is 12. The Morgan fingerprint density at radius 2 is 1.16 bits per heavy atom. The van der Waals surface area contributed by atoms with Crippen molar-refractivity contribution in [3.8, 4) is 0 Å². The molecule has 1 saturated carbocycles. The molecule has 0 amide bonds. The molecule has 0 bridgehead atoms. The number of carbonyl (C=O) groups is 1. The van der Waals surface area contributed by atoms with Gasteiger partial charge in [-0.05, 0) is 19.3 Å². The minimum atomic E-state index is -6.65. The Labute approximate surface area is 165 Å². The Balaban J connectivity index is 3.66. The van der Waals surface area contributed by atoms with Gasteiger partial charge in [-0.3, -0.25) is 0 Å². The molecule has 0 aromatic heterocycles. The Morgan fingerprint density at radius 1 is 0.774 bits per heavy atom. The summed E-state index contributed by atoms with van der Waals surface area (Å²) in [5.41, 5.74) is -11.5. The quantitative estimate of drug-likeness (QED) is 0.355. The van der Waals surface area contributed by atoms with Crippen molar-refractivity contribution in [1.82, 2.24) is 0 Å². The van der Waals surface area contributed by atoms with Crippen LogP contribution in [0.2, 0.25) is 0 Å². The fourth-order valence-corrected chi connectivity index (χ4v) is 3.50. The van der Waals surface area contributed by atoms with Crippen LogP contribution < -0.4 is 0 Å². The monoisotopic (exact) mass is 486 g/mol. The van der Waals surface area contributed by atoms with Crippen LogP contribution in [0.5, 0.6) is 0 Å². The second-order valence-electron chi connectivity index (χ2n) is 6.82. The predicted octanol–water partition coefficient (Wildman–Crippen LogP) is 4.21. The molecule has 31 heavy (non-hydrogen) atoms. The Bertz CT molecular complexity index is 647. The molecule has 0 aromatic carbocycles. The summed E-state index contributed by atoms with van der Waals surface area (Å²) in [7, 11) is 0. The minimum absolute atomic E-state index is 0.269. The third-order valence-corrected chi connectivity index (χ3v) is 5.08. The van der Waals surface area contributed by atoms with Crippen LogP contribution in [0.15, 0.2) is 12.7 Å². The number of alkyl halides is 12. The first-order chi connectivity index (χ1) is 13.6. The lowest BCUT2D eigenvalue weighted by Crippen LogP contribution is -2.68. The average molecular weight is 486 g/mol. The maximum absolute atomic E-state index is 13.2.